The number of carbonyl (C=O) groups is 1. The second-order valence-electron chi connectivity index (χ2n) is 4.00. The van der Waals surface area contributed by atoms with Crippen LogP contribution in [0.4, 0.5) is 0 Å². The first kappa shape index (κ1) is 10.5. The summed E-state index contributed by atoms with van der Waals surface area (Å²) in [4.78, 5) is 15.1. The van der Waals surface area contributed by atoms with E-state index in [1.807, 2.05) is 29.8 Å². The molecule has 90 valence electrons. The fraction of sp³-hybridized carbons (Fsp3) is 0.0833. The summed E-state index contributed by atoms with van der Waals surface area (Å²) in [5.41, 5.74) is 3.32. The first-order valence-electron chi connectivity index (χ1n) is 5.36. The number of benzene rings is 1. The topological polar surface area (TPSA) is 83.8 Å². The van der Waals surface area contributed by atoms with Crippen molar-refractivity contribution in [1.29, 1.82) is 0 Å². The van der Waals surface area contributed by atoms with E-state index in [1.54, 1.807) is 6.33 Å². The van der Waals surface area contributed by atoms with Crippen LogP contribution in [-0.2, 0) is 7.05 Å². The van der Waals surface area contributed by atoms with Gasteiger partial charge in [-0.15, -0.1) is 0 Å². The zero-order chi connectivity index (χ0) is 12.7. The monoisotopic (exact) mass is 242 g/mol. The summed E-state index contributed by atoms with van der Waals surface area (Å²) in [5, 5.41) is 15.4. The Kier molecular flexibility index (Phi) is 2.16. The van der Waals surface area contributed by atoms with Crippen LogP contribution < -0.4 is 0 Å². The molecule has 0 amide bonds. The fourth-order valence-corrected chi connectivity index (χ4v) is 1.99. The van der Waals surface area contributed by atoms with Gasteiger partial charge in [0.1, 0.15) is 5.69 Å². The Morgan fingerprint density at radius 1 is 1.44 bits per heavy atom. The molecule has 6 heteroatoms. The number of para-hydroxylation sites is 1. The second-order valence-corrected chi connectivity index (χ2v) is 4.00. The Hall–Kier alpha value is -2.63. The summed E-state index contributed by atoms with van der Waals surface area (Å²) in [6.07, 6.45) is 1.72. The van der Waals surface area contributed by atoms with Crippen LogP contribution in [0.3, 0.4) is 0 Å². The molecule has 0 radical (unpaired) electrons. The van der Waals surface area contributed by atoms with E-state index >= 15 is 0 Å². The lowest BCUT2D eigenvalue weighted by atomic mass is 10.1. The number of nitrogens with one attached hydrogen (secondary N) is 1. The molecule has 2 heterocycles. The molecule has 0 aliphatic rings. The molecule has 0 aliphatic heterocycles. The Morgan fingerprint density at radius 2 is 2.28 bits per heavy atom. The molecule has 1 aromatic carbocycles. The van der Waals surface area contributed by atoms with Crippen molar-refractivity contribution in [2.45, 2.75) is 0 Å². The quantitative estimate of drug-likeness (QED) is 0.715. The molecule has 0 fully saturated rings. The second kappa shape index (κ2) is 3.69. The summed E-state index contributed by atoms with van der Waals surface area (Å²) in [7, 11) is 1.89. The van der Waals surface area contributed by atoms with Gasteiger partial charge in [-0.05, 0) is 12.1 Å². The number of H-pyrrole nitrogens is 1. The molecule has 0 aliphatic carbocycles. The van der Waals surface area contributed by atoms with E-state index in [2.05, 4.69) is 15.2 Å². The number of carboxylic acids is 1. The molecule has 3 rings (SSSR count). The lowest BCUT2D eigenvalue weighted by molar-refractivity contribution is 0.0690. The van der Waals surface area contributed by atoms with E-state index in [0.717, 1.165) is 16.6 Å². The molecule has 18 heavy (non-hydrogen) atoms. The number of hydrogen-bond acceptors (Lipinski definition) is 3. The van der Waals surface area contributed by atoms with Crippen molar-refractivity contribution in [3.8, 4) is 11.3 Å². The third kappa shape index (κ3) is 1.46. The first-order chi connectivity index (χ1) is 8.66. The van der Waals surface area contributed by atoms with E-state index in [1.165, 1.54) is 6.07 Å². The number of aryl methyl sites for hydroxylation is 1. The van der Waals surface area contributed by atoms with E-state index < -0.39 is 5.97 Å². The summed E-state index contributed by atoms with van der Waals surface area (Å²) in [6, 6.07) is 7.19. The van der Waals surface area contributed by atoms with Crippen LogP contribution in [0.2, 0.25) is 0 Å². The lowest BCUT2D eigenvalue weighted by Gasteiger charge is -2.01. The summed E-state index contributed by atoms with van der Waals surface area (Å²) in [6.45, 7) is 0. The molecule has 3 aromatic rings. The molecule has 0 atom stereocenters. The molecule has 0 saturated heterocycles. The predicted octanol–water partition coefficient (Wildman–Crippen LogP) is 1.66. The van der Waals surface area contributed by atoms with Crippen LogP contribution in [0.5, 0.6) is 0 Å². The van der Waals surface area contributed by atoms with E-state index in [0.29, 0.717) is 5.69 Å². The first-order valence-corrected chi connectivity index (χ1v) is 5.36. The molecule has 2 N–H and O–H groups in total. The highest BCUT2D eigenvalue weighted by atomic mass is 16.4. The van der Waals surface area contributed by atoms with Crippen molar-refractivity contribution in [3.05, 3.63) is 36.3 Å². The third-order valence-electron chi connectivity index (χ3n) is 2.82. The van der Waals surface area contributed by atoms with E-state index in [9.17, 15) is 4.79 Å². The fourth-order valence-electron chi connectivity index (χ4n) is 1.99. The predicted molar refractivity (Wildman–Crippen MR) is 65.3 cm³/mol. The molecule has 6 nitrogen and oxygen atoms in total. The molecular weight excluding hydrogens is 232 g/mol. The minimum absolute atomic E-state index is 0.0733. The number of aromatic nitrogens is 4. The van der Waals surface area contributed by atoms with Gasteiger partial charge in [-0.25, -0.2) is 9.78 Å². The maximum atomic E-state index is 10.8. The standard InChI is InChI=1S/C12H10N4O2/c1-16-6-13-8-4-2-3-7(11(8)16)9-5-10(12(17)18)15-14-9/h2-6H,1H3,(H,14,15)(H,17,18). The molecule has 0 bridgehead atoms. The van der Waals surface area contributed by atoms with Crippen molar-refractivity contribution in [2.75, 3.05) is 0 Å². The van der Waals surface area contributed by atoms with Gasteiger partial charge in [0.25, 0.3) is 0 Å². The maximum absolute atomic E-state index is 10.8. The number of carboxylic acid groups (broad SMARTS) is 1. The van der Waals surface area contributed by atoms with Crippen molar-refractivity contribution in [1.82, 2.24) is 19.7 Å². The highest BCUT2D eigenvalue weighted by Gasteiger charge is 2.13. The number of imidazole rings is 1. The molecule has 2 aromatic heterocycles. The van der Waals surface area contributed by atoms with E-state index in [4.69, 9.17) is 5.11 Å². The molecule has 0 saturated carbocycles. The number of hydrogen-bond donors (Lipinski definition) is 2. The highest BCUT2D eigenvalue weighted by Crippen LogP contribution is 2.26. The van der Waals surface area contributed by atoms with Crippen molar-refractivity contribution >= 4 is 17.0 Å². The van der Waals surface area contributed by atoms with Gasteiger partial charge in [0.05, 0.1) is 23.1 Å². The largest absolute Gasteiger partial charge is 0.477 e. The van der Waals surface area contributed by atoms with Gasteiger partial charge in [0, 0.05) is 12.6 Å². The Labute approximate surface area is 102 Å². The Bertz CT molecular complexity index is 741. The van der Waals surface area contributed by atoms with Gasteiger partial charge in [0.15, 0.2) is 0 Å². The van der Waals surface area contributed by atoms with E-state index in [-0.39, 0.29) is 5.69 Å². The maximum Gasteiger partial charge on any atom is 0.353 e. The summed E-state index contributed by atoms with van der Waals surface area (Å²) >= 11 is 0. The number of aromatic amines is 1. The zero-order valence-electron chi connectivity index (χ0n) is 9.58. The van der Waals surface area contributed by atoms with Crippen molar-refractivity contribution < 1.29 is 9.90 Å². The highest BCUT2D eigenvalue weighted by molar-refractivity contribution is 5.93. The van der Waals surface area contributed by atoms with Crippen LogP contribution >= 0.6 is 0 Å². The van der Waals surface area contributed by atoms with Crippen molar-refractivity contribution in [3.63, 3.8) is 0 Å². The van der Waals surface area contributed by atoms with Gasteiger partial charge >= 0.3 is 5.97 Å². The number of fused-ring (bicyclic) bond motifs is 1. The van der Waals surface area contributed by atoms with Crippen LogP contribution in [-0.4, -0.2) is 30.8 Å². The zero-order valence-corrected chi connectivity index (χ0v) is 9.58. The molecule has 0 unspecified atom stereocenters. The molecular formula is C12H10N4O2. The smallest absolute Gasteiger partial charge is 0.353 e. The van der Waals surface area contributed by atoms with Gasteiger partial charge < -0.3 is 9.67 Å². The number of nitrogens with zero attached hydrogens (tertiary/aromatic N) is 3. The Balaban J connectivity index is 2.24. The Morgan fingerprint density at radius 3 is 3.00 bits per heavy atom. The molecule has 0 spiro atoms. The SMILES string of the molecule is Cn1cnc2cccc(-c3cc(C(=O)O)[nH]n3)c21. The van der Waals surface area contributed by atoms with Crippen LogP contribution in [0.25, 0.3) is 22.3 Å². The van der Waals surface area contributed by atoms with Crippen LogP contribution in [0.15, 0.2) is 30.6 Å². The van der Waals surface area contributed by atoms with Gasteiger partial charge in [-0.3, -0.25) is 5.10 Å². The van der Waals surface area contributed by atoms with Crippen LogP contribution in [0.1, 0.15) is 10.5 Å². The number of aromatic carboxylic acids is 1. The average Bonchev–Trinajstić information content (AvgIpc) is 2.96. The van der Waals surface area contributed by atoms with Crippen LogP contribution in [0, 0.1) is 0 Å². The minimum atomic E-state index is -1.02. The normalized spacial score (nSPS) is 10.9. The number of rotatable bonds is 2. The van der Waals surface area contributed by atoms with Crippen molar-refractivity contribution in [2.24, 2.45) is 7.05 Å². The summed E-state index contributed by atoms with van der Waals surface area (Å²) in [5.74, 6) is -1.02. The summed E-state index contributed by atoms with van der Waals surface area (Å²) < 4.78 is 1.89. The van der Waals surface area contributed by atoms with Gasteiger partial charge in [-0.1, -0.05) is 12.1 Å². The van der Waals surface area contributed by atoms with Gasteiger partial charge in [0.2, 0.25) is 0 Å². The average molecular weight is 242 g/mol. The van der Waals surface area contributed by atoms with Gasteiger partial charge in [-0.2, -0.15) is 5.10 Å². The minimum Gasteiger partial charge on any atom is -0.477 e. The third-order valence-corrected chi connectivity index (χ3v) is 2.82. The lowest BCUT2D eigenvalue weighted by Crippen LogP contribution is -1.95.